The minimum absolute atomic E-state index is 0.0372. The number of quaternary nitrogens is 1. The number of halogens is 3. The Morgan fingerprint density at radius 1 is 1.19 bits per heavy atom. The number of amides is 1. The largest absolute Gasteiger partial charge is 0.476 e. The van der Waals surface area contributed by atoms with Gasteiger partial charge in [0.15, 0.2) is 29.6 Å². The van der Waals surface area contributed by atoms with E-state index < -0.39 is 18.2 Å². The van der Waals surface area contributed by atoms with E-state index in [-0.39, 0.29) is 27.9 Å². The molecule has 0 atom stereocenters. The number of benzene rings is 2. The lowest BCUT2D eigenvalue weighted by Crippen LogP contribution is -2.55. The van der Waals surface area contributed by atoms with Crippen LogP contribution >= 0.6 is 11.6 Å². The summed E-state index contributed by atoms with van der Waals surface area (Å²) in [7, 11) is 6.24. The molecule has 1 N–H and O–H groups in total. The van der Waals surface area contributed by atoms with Crippen LogP contribution in [-0.2, 0) is 0 Å². The zero-order chi connectivity index (χ0) is 30.7. The molecule has 1 amide bonds. The maximum absolute atomic E-state index is 14.9. The summed E-state index contributed by atoms with van der Waals surface area (Å²) in [5.41, 5.74) is 1.57. The van der Waals surface area contributed by atoms with E-state index >= 15 is 0 Å². The molecule has 4 aromatic rings. The molecular formula is C30H32ClF2N8O2+. The molecule has 0 saturated carbocycles. The fourth-order valence-electron chi connectivity index (χ4n) is 4.93. The number of hydrogen-bond donors (Lipinski definition) is 1. The predicted octanol–water partition coefficient (Wildman–Crippen LogP) is 4.44. The maximum atomic E-state index is 14.9. The first-order chi connectivity index (χ1) is 20.6. The van der Waals surface area contributed by atoms with Gasteiger partial charge in [-0.05, 0) is 30.3 Å². The van der Waals surface area contributed by atoms with Gasteiger partial charge in [-0.15, -0.1) is 0 Å². The van der Waals surface area contributed by atoms with Gasteiger partial charge in [0, 0.05) is 56.9 Å². The van der Waals surface area contributed by atoms with E-state index in [1.54, 1.807) is 46.8 Å². The van der Waals surface area contributed by atoms with E-state index in [0.29, 0.717) is 29.3 Å². The van der Waals surface area contributed by atoms with Crippen molar-refractivity contribution in [1.82, 2.24) is 24.2 Å². The SMILES string of the molecule is CN(CCN1CC[N+](C)(C)CC1)C(=O)c1ccc(Nc2nccn3c(-c4ccc(OCC#N)c(F)c4F)cnc23)cc1Cl. The highest BCUT2D eigenvalue weighted by Gasteiger charge is 2.25. The van der Waals surface area contributed by atoms with Crippen molar-refractivity contribution in [2.45, 2.75) is 0 Å². The van der Waals surface area contributed by atoms with Crippen molar-refractivity contribution < 1.29 is 22.8 Å². The van der Waals surface area contributed by atoms with Crippen LogP contribution in [0, 0.1) is 23.0 Å². The van der Waals surface area contributed by atoms with Crippen LogP contribution in [0.2, 0.25) is 5.02 Å². The minimum atomic E-state index is -1.19. The van der Waals surface area contributed by atoms with Gasteiger partial charge in [0.2, 0.25) is 5.82 Å². The number of nitrogens with one attached hydrogen (secondary N) is 1. The van der Waals surface area contributed by atoms with E-state index in [2.05, 4.69) is 34.3 Å². The quantitative estimate of drug-likeness (QED) is 0.280. The number of rotatable bonds is 9. The normalized spacial score (nSPS) is 14.8. The molecule has 0 unspecified atom stereocenters. The molecule has 1 fully saturated rings. The number of aromatic nitrogens is 3. The molecule has 0 radical (unpaired) electrons. The molecule has 0 bridgehead atoms. The highest BCUT2D eigenvalue weighted by Crippen LogP contribution is 2.32. The number of piperazine rings is 1. The van der Waals surface area contributed by atoms with Gasteiger partial charge in [-0.1, -0.05) is 11.6 Å². The van der Waals surface area contributed by atoms with Crippen LogP contribution in [0.1, 0.15) is 10.4 Å². The molecule has 43 heavy (non-hydrogen) atoms. The van der Waals surface area contributed by atoms with Crippen LogP contribution in [-0.4, -0.2) is 102 Å². The van der Waals surface area contributed by atoms with Gasteiger partial charge in [-0.2, -0.15) is 9.65 Å². The summed E-state index contributed by atoms with van der Waals surface area (Å²) in [4.78, 5) is 25.9. The summed E-state index contributed by atoms with van der Waals surface area (Å²) in [5, 5.41) is 12.1. The van der Waals surface area contributed by atoms with Crippen molar-refractivity contribution in [3.05, 3.63) is 71.1 Å². The first-order valence-electron chi connectivity index (χ1n) is 13.7. The van der Waals surface area contributed by atoms with Crippen LogP contribution in [0.25, 0.3) is 16.9 Å². The van der Waals surface area contributed by atoms with Gasteiger partial charge in [0.25, 0.3) is 5.91 Å². The molecule has 1 aliphatic heterocycles. The van der Waals surface area contributed by atoms with Gasteiger partial charge in [0.1, 0.15) is 6.07 Å². The molecule has 1 aliphatic rings. The van der Waals surface area contributed by atoms with Crippen molar-refractivity contribution in [3.63, 3.8) is 0 Å². The molecule has 224 valence electrons. The zero-order valence-corrected chi connectivity index (χ0v) is 24.9. The zero-order valence-electron chi connectivity index (χ0n) is 24.1. The molecular weight excluding hydrogens is 578 g/mol. The second kappa shape index (κ2) is 12.5. The predicted molar refractivity (Wildman–Crippen MR) is 159 cm³/mol. The summed E-state index contributed by atoms with van der Waals surface area (Å²) >= 11 is 6.55. The first kappa shape index (κ1) is 30.2. The van der Waals surface area contributed by atoms with Crippen molar-refractivity contribution in [1.29, 1.82) is 5.26 Å². The maximum Gasteiger partial charge on any atom is 0.255 e. The van der Waals surface area contributed by atoms with E-state index in [4.69, 9.17) is 21.6 Å². The van der Waals surface area contributed by atoms with Crippen molar-refractivity contribution in [2.24, 2.45) is 0 Å². The van der Waals surface area contributed by atoms with Crippen LogP contribution in [0.4, 0.5) is 20.3 Å². The van der Waals surface area contributed by atoms with E-state index in [9.17, 15) is 13.6 Å². The number of carbonyl (C=O) groups excluding carboxylic acids is 1. The third-order valence-corrected chi connectivity index (χ3v) is 7.96. The van der Waals surface area contributed by atoms with Crippen LogP contribution in [0.5, 0.6) is 5.75 Å². The first-order valence-corrected chi connectivity index (χ1v) is 14.1. The molecule has 2 aromatic heterocycles. The molecule has 2 aromatic carbocycles. The minimum Gasteiger partial charge on any atom is -0.476 e. The average Bonchev–Trinajstić information content (AvgIpc) is 3.42. The highest BCUT2D eigenvalue weighted by molar-refractivity contribution is 6.34. The third kappa shape index (κ3) is 6.54. The Bertz CT molecular complexity index is 1690. The van der Waals surface area contributed by atoms with E-state index in [1.807, 2.05) is 0 Å². The standard InChI is InChI=1S/C30H31ClF2N8O2/c1-38(11-12-39-13-15-41(2,3)16-14-39)30(42)21-5-4-20(18-23(21)31)37-28-29-36-19-24(40(29)10-9-35-28)22-6-7-25(43-17-8-34)27(33)26(22)32/h4-7,9-10,18-19H,11-17H2,1-3H3/p+1. The van der Waals surface area contributed by atoms with Crippen LogP contribution in [0.3, 0.4) is 0 Å². The van der Waals surface area contributed by atoms with Gasteiger partial charge >= 0.3 is 0 Å². The Hall–Kier alpha value is -4.31. The molecule has 3 heterocycles. The number of nitriles is 1. The molecule has 0 spiro atoms. The summed E-state index contributed by atoms with van der Waals surface area (Å²) in [6.07, 6.45) is 4.48. The number of ether oxygens (including phenoxy) is 1. The number of likely N-dealkylation sites (N-methyl/N-ethyl adjacent to an activating group) is 2. The Kier molecular flexibility index (Phi) is 8.77. The number of nitrogens with zero attached hydrogens (tertiary/aromatic N) is 7. The number of anilines is 2. The Labute approximate surface area is 253 Å². The molecule has 0 aliphatic carbocycles. The lowest BCUT2D eigenvalue weighted by Gasteiger charge is -2.39. The topological polar surface area (TPSA) is 98.8 Å². The molecule has 10 nitrogen and oxygen atoms in total. The Morgan fingerprint density at radius 3 is 2.67 bits per heavy atom. The van der Waals surface area contributed by atoms with Crippen molar-refractivity contribution in [3.8, 4) is 23.1 Å². The Morgan fingerprint density at radius 2 is 1.95 bits per heavy atom. The fourth-order valence-corrected chi connectivity index (χ4v) is 5.19. The van der Waals surface area contributed by atoms with Crippen molar-refractivity contribution >= 4 is 34.7 Å². The molecule has 13 heteroatoms. The van der Waals surface area contributed by atoms with Gasteiger partial charge < -0.3 is 19.4 Å². The summed E-state index contributed by atoms with van der Waals surface area (Å²) < 4.78 is 37.0. The monoisotopic (exact) mass is 609 g/mol. The molecule has 1 saturated heterocycles. The summed E-state index contributed by atoms with van der Waals surface area (Å²) in [6.45, 7) is 5.18. The van der Waals surface area contributed by atoms with Gasteiger partial charge in [0.05, 0.1) is 49.7 Å². The number of hydrogen-bond acceptors (Lipinski definition) is 7. The van der Waals surface area contributed by atoms with Gasteiger partial charge in [-0.25, -0.2) is 14.4 Å². The van der Waals surface area contributed by atoms with E-state index in [0.717, 1.165) is 37.2 Å². The molecule has 5 rings (SSSR count). The smallest absolute Gasteiger partial charge is 0.255 e. The highest BCUT2D eigenvalue weighted by atomic mass is 35.5. The van der Waals surface area contributed by atoms with E-state index in [1.165, 1.54) is 24.5 Å². The second-order valence-electron chi connectivity index (χ2n) is 11.1. The third-order valence-electron chi connectivity index (χ3n) is 7.65. The summed E-state index contributed by atoms with van der Waals surface area (Å²) in [6, 6.07) is 9.37. The number of fused-ring (bicyclic) bond motifs is 1. The lowest BCUT2D eigenvalue weighted by atomic mass is 10.1. The average molecular weight is 610 g/mol. The second-order valence-corrected chi connectivity index (χ2v) is 11.5. The summed E-state index contributed by atoms with van der Waals surface area (Å²) in [5.74, 6) is -2.49. The van der Waals surface area contributed by atoms with Crippen molar-refractivity contribution in [2.75, 3.05) is 72.3 Å². The fraction of sp³-hybridized carbons (Fsp3) is 0.333. The number of carbonyl (C=O) groups is 1. The van der Waals surface area contributed by atoms with Crippen LogP contribution in [0.15, 0.2) is 48.9 Å². The van der Waals surface area contributed by atoms with Gasteiger partial charge in [-0.3, -0.25) is 14.1 Å². The van der Waals surface area contributed by atoms with Crippen LogP contribution < -0.4 is 10.1 Å². The Balaban J connectivity index is 1.29. The number of imidazole rings is 1. The lowest BCUT2D eigenvalue weighted by molar-refractivity contribution is -0.894.